The maximum Gasteiger partial charge on any atom is 0.253 e. The van der Waals surface area contributed by atoms with Crippen molar-refractivity contribution in [2.75, 3.05) is 7.11 Å². The van der Waals surface area contributed by atoms with E-state index in [0.29, 0.717) is 6.54 Å². The second-order valence-electron chi connectivity index (χ2n) is 3.44. The molecule has 0 aromatic heterocycles. The third-order valence-electron chi connectivity index (χ3n) is 2.40. The van der Waals surface area contributed by atoms with E-state index in [1.54, 1.807) is 19.2 Å². The first-order valence-electron chi connectivity index (χ1n) is 4.87. The van der Waals surface area contributed by atoms with Crippen LogP contribution in [0.3, 0.4) is 0 Å². The molecule has 0 saturated carbocycles. The summed E-state index contributed by atoms with van der Waals surface area (Å²) < 4.78 is 5.02. The van der Waals surface area contributed by atoms with Crippen molar-refractivity contribution in [3.05, 3.63) is 42.0 Å². The van der Waals surface area contributed by atoms with Crippen molar-refractivity contribution in [3.8, 4) is 5.75 Å². The minimum absolute atomic E-state index is 0.263. The molecule has 1 aromatic rings. The number of nitrogens with zero attached hydrogens (tertiary/aromatic N) is 1. The van der Waals surface area contributed by atoms with Crippen LogP contribution in [-0.4, -0.2) is 23.8 Å². The predicted octanol–water partition coefficient (Wildman–Crippen LogP) is 1.12. The summed E-state index contributed by atoms with van der Waals surface area (Å²) >= 11 is 0. The van der Waals surface area contributed by atoms with Gasteiger partial charge in [0.2, 0.25) is 0 Å². The van der Waals surface area contributed by atoms with Crippen LogP contribution in [0, 0.1) is 0 Å². The molecular weight excluding hydrogens is 206 g/mol. The van der Waals surface area contributed by atoms with Crippen molar-refractivity contribution in [1.82, 2.24) is 4.90 Å². The molecule has 2 amide bonds. The molecule has 0 spiro atoms. The number of carbonyl (C=O) groups is 2. The molecule has 1 heterocycles. The second kappa shape index (κ2) is 4.18. The minimum atomic E-state index is -0.263. The van der Waals surface area contributed by atoms with Crippen LogP contribution in [-0.2, 0) is 16.1 Å². The summed E-state index contributed by atoms with van der Waals surface area (Å²) in [5.41, 5.74) is 0.895. The van der Waals surface area contributed by atoms with Crippen molar-refractivity contribution in [3.63, 3.8) is 0 Å². The van der Waals surface area contributed by atoms with Gasteiger partial charge >= 0.3 is 0 Å². The van der Waals surface area contributed by atoms with Crippen LogP contribution < -0.4 is 4.74 Å². The Labute approximate surface area is 93.1 Å². The Morgan fingerprint density at radius 2 is 1.62 bits per heavy atom. The SMILES string of the molecule is COc1ccc(CN2C(=O)C=CC2=O)cc1. The van der Waals surface area contributed by atoms with E-state index in [4.69, 9.17) is 4.74 Å². The molecule has 0 bridgehead atoms. The van der Waals surface area contributed by atoms with Crippen molar-refractivity contribution >= 4 is 11.8 Å². The summed E-state index contributed by atoms with van der Waals surface area (Å²) in [4.78, 5) is 23.8. The summed E-state index contributed by atoms with van der Waals surface area (Å²) in [6, 6.07) is 7.26. The minimum Gasteiger partial charge on any atom is -0.497 e. The van der Waals surface area contributed by atoms with Gasteiger partial charge in [-0.15, -0.1) is 0 Å². The smallest absolute Gasteiger partial charge is 0.253 e. The summed E-state index contributed by atoms with van der Waals surface area (Å²) in [7, 11) is 1.59. The first-order chi connectivity index (χ1) is 7.70. The topological polar surface area (TPSA) is 46.6 Å². The molecule has 2 rings (SSSR count). The first-order valence-corrected chi connectivity index (χ1v) is 4.87. The number of hydrogen-bond donors (Lipinski definition) is 0. The highest BCUT2D eigenvalue weighted by atomic mass is 16.5. The fraction of sp³-hybridized carbons (Fsp3) is 0.167. The molecule has 1 aromatic carbocycles. The maximum atomic E-state index is 11.3. The van der Waals surface area contributed by atoms with Gasteiger partial charge in [-0.3, -0.25) is 14.5 Å². The lowest BCUT2D eigenvalue weighted by Crippen LogP contribution is -2.29. The number of amides is 2. The average molecular weight is 217 g/mol. The number of carbonyl (C=O) groups excluding carboxylic acids is 2. The highest BCUT2D eigenvalue weighted by Crippen LogP contribution is 2.15. The molecule has 16 heavy (non-hydrogen) atoms. The lowest BCUT2D eigenvalue weighted by molar-refractivity contribution is -0.137. The van der Waals surface area contributed by atoms with Crippen LogP contribution >= 0.6 is 0 Å². The van der Waals surface area contributed by atoms with Gasteiger partial charge in [0.15, 0.2) is 0 Å². The lowest BCUT2D eigenvalue weighted by atomic mass is 10.2. The van der Waals surface area contributed by atoms with Gasteiger partial charge in [0.05, 0.1) is 13.7 Å². The van der Waals surface area contributed by atoms with E-state index >= 15 is 0 Å². The molecule has 1 aliphatic rings. The summed E-state index contributed by atoms with van der Waals surface area (Å²) in [5, 5.41) is 0. The van der Waals surface area contributed by atoms with E-state index < -0.39 is 0 Å². The Morgan fingerprint density at radius 1 is 1.06 bits per heavy atom. The van der Waals surface area contributed by atoms with Gasteiger partial charge in [-0.05, 0) is 17.7 Å². The van der Waals surface area contributed by atoms with Gasteiger partial charge in [-0.1, -0.05) is 12.1 Å². The van der Waals surface area contributed by atoms with Crippen molar-refractivity contribution in [2.24, 2.45) is 0 Å². The van der Waals surface area contributed by atoms with Crippen LogP contribution in [0.2, 0.25) is 0 Å². The predicted molar refractivity (Wildman–Crippen MR) is 57.7 cm³/mol. The molecule has 0 aliphatic carbocycles. The van der Waals surface area contributed by atoms with Gasteiger partial charge in [0, 0.05) is 12.2 Å². The number of ether oxygens (including phenoxy) is 1. The molecular formula is C12H11NO3. The van der Waals surface area contributed by atoms with E-state index in [2.05, 4.69) is 0 Å². The van der Waals surface area contributed by atoms with Crippen LogP contribution in [0.1, 0.15) is 5.56 Å². The van der Waals surface area contributed by atoms with E-state index in [-0.39, 0.29) is 11.8 Å². The second-order valence-corrected chi connectivity index (χ2v) is 3.44. The van der Waals surface area contributed by atoms with E-state index in [1.807, 2.05) is 12.1 Å². The highest BCUT2D eigenvalue weighted by Gasteiger charge is 2.22. The van der Waals surface area contributed by atoms with Crippen molar-refractivity contribution in [1.29, 1.82) is 0 Å². The molecule has 4 nitrogen and oxygen atoms in total. The van der Waals surface area contributed by atoms with Crippen LogP contribution in [0.5, 0.6) is 5.75 Å². The van der Waals surface area contributed by atoms with Crippen LogP contribution in [0.15, 0.2) is 36.4 Å². The van der Waals surface area contributed by atoms with Gasteiger partial charge in [0.25, 0.3) is 11.8 Å². The quantitative estimate of drug-likeness (QED) is 0.713. The zero-order chi connectivity index (χ0) is 11.5. The van der Waals surface area contributed by atoms with Crippen LogP contribution in [0.25, 0.3) is 0 Å². The summed E-state index contributed by atoms with van der Waals surface area (Å²) in [6.45, 7) is 0.300. The van der Waals surface area contributed by atoms with Crippen molar-refractivity contribution < 1.29 is 14.3 Å². The molecule has 0 saturated heterocycles. The van der Waals surface area contributed by atoms with Crippen molar-refractivity contribution in [2.45, 2.75) is 6.54 Å². The summed E-state index contributed by atoms with van der Waals surface area (Å²) in [6.07, 6.45) is 2.57. The molecule has 0 fully saturated rings. The Bertz CT molecular complexity index is 430. The van der Waals surface area contributed by atoms with Gasteiger partial charge in [-0.25, -0.2) is 0 Å². The molecule has 82 valence electrons. The number of rotatable bonds is 3. The largest absolute Gasteiger partial charge is 0.497 e. The van der Waals surface area contributed by atoms with E-state index in [1.165, 1.54) is 17.1 Å². The average Bonchev–Trinajstić information content (AvgIpc) is 2.62. The van der Waals surface area contributed by atoms with Crippen LogP contribution in [0.4, 0.5) is 0 Å². The molecule has 1 aliphatic heterocycles. The Morgan fingerprint density at radius 3 is 2.12 bits per heavy atom. The molecule has 0 atom stereocenters. The first kappa shape index (κ1) is 10.4. The fourth-order valence-corrected chi connectivity index (χ4v) is 1.50. The number of methoxy groups -OCH3 is 1. The normalized spacial score (nSPS) is 14.7. The van der Waals surface area contributed by atoms with Gasteiger partial charge in [0.1, 0.15) is 5.75 Å². The zero-order valence-electron chi connectivity index (χ0n) is 8.84. The third kappa shape index (κ3) is 1.95. The lowest BCUT2D eigenvalue weighted by Gasteiger charge is -2.13. The van der Waals surface area contributed by atoms with Gasteiger partial charge < -0.3 is 4.74 Å². The van der Waals surface area contributed by atoms with E-state index in [9.17, 15) is 9.59 Å². The molecule has 0 radical (unpaired) electrons. The Hall–Kier alpha value is -2.10. The number of hydrogen-bond acceptors (Lipinski definition) is 3. The Balaban J connectivity index is 2.09. The Kier molecular flexibility index (Phi) is 2.72. The standard InChI is InChI=1S/C12H11NO3/c1-16-10-4-2-9(3-5-10)8-13-11(14)6-7-12(13)15/h2-7H,8H2,1H3. The third-order valence-corrected chi connectivity index (χ3v) is 2.40. The number of benzene rings is 1. The fourth-order valence-electron chi connectivity index (χ4n) is 1.50. The maximum absolute atomic E-state index is 11.3. The highest BCUT2D eigenvalue weighted by molar-refractivity contribution is 6.12. The van der Waals surface area contributed by atoms with E-state index in [0.717, 1.165) is 11.3 Å². The monoisotopic (exact) mass is 217 g/mol. The molecule has 4 heteroatoms. The number of imide groups is 1. The summed E-state index contributed by atoms with van der Waals surface area (Å²) in [5.74, 6) is 0.225. The molecule has 0 N–H and O–H groups in total. The van der Waals surface area contributed by atoms with Gasteiger partial charge in [-0.2, -0.15) is 0 Å². The molecule has 0 unspecified atom stereocenters. The zero-order valence-corrected chi connectivity index (χ0v) is 8.84.